The quantitative estimate of drug-likeness (QED) is 0.420. The Bertz CT molecular complexity index is 153. The van der Waals surface area contributed by atoms with E-state index in [9.17, 15) is 0 Å². The first-order chi connectivity index (χ1) is 6.27. The molecule has 16 nitrogen and oxygen atoms in total. The second kappa shape index (κ2) is 28.2. The van der Waals surface area contributed by atoms with E-state index in [1.807, 2.05) is 0 Å². The monoisotopic (exact) mass is 412 g/mol. The average molecular weight is 413 g/mol. The van der Waals surface area contributed by atoms with Crippen molar-refractivity contribution < 1.29 is 89.5 Å². The van der Waals surface area contributed by atoms with Crippen molar-refractivity contribution in [1.82, 2.24) is 0 Å². The molecule has 0 heterocycles. The zero-order valence-corrected chi connectivity index (χ0v) is 12.3. The number of halogens is 2. The maximum Gasteiger partial charge on any atom is 3.00 e. The molecule has 19 heteroatoms. The molecule has 0 unspecified atom stereocenters. The van der Waals surface area contributed by atoms with Crippen LogP contribution in [0.1, 0.15) is 0 Å². The molecule has 0 atom stereocenters. The van der Waals surface area contributed by atoms with Crippen LogP contribution in [-0.2, 0) is 21.6 Å². The van der Waals surface area contributed by atoms with Crippen molar-refractivity contribution in [3.8, 4) is 0 Å². The first-order valence-electron chi connectivity index (χ1n) is 2.31. The molecule has 0 aromatic carbocycles. The summed E-state index contributed by atoms with van der Waals surface area (Å²) in [5.74, 6) is -1.44. The Morgan fingerprint density at radius 1 is 0.714 bits per heavy atom. The van der Waals surface area contributed by atoms with Crippen LogP contribution in [0.15, 0.2) is 0 Å². The molecule has 0 bridgehead atoms. The number of hydrogen-bond acceptors (Lipinski definition) is 11. The third kappa shape index (κ3) is 1620. The van der Waals surface area contributed by atoms with Crippen LogP contribution >= 0.6 is 0 Å². The average Bonchev–Trinajstić information content (AvgIpc) is 1.79. The molecule has 0 saturated carbocycles. The van der Waals surface area contributed by atoms with E-state index in [0.29, 0.717) is 0 Å². The number of hydrogen-bond donors (Lipinski definition) is 1. The van der Waals surface area contributed by atoms with Crippen LogP contribution in [0.5, 0.6) is 0 Å². The van der Waals surface area contributed by atoms with Crippen molar-refractivity contribution in [1.29, 1.82) is 0 Å². The summed E-state index contributed by atoms with van der Waals surface area (Å²) < 4.78 is 67.9. The largest absolute Gasteiger partial charge is 3.00 e. The number of aliphatic carboxylic acids is 1. The van der Waals surface area contributed by atoms with Crippen LogP contribution in [-0.4, -0.2) is 17.7 Å². The van der Waals surface area contributed by atoms with Crippen LogP contribution in [0.4, 0.5) is 0 Å². The van der Waals surface area contributed by atoms with Gasteiger partial charge in [-0.1, -0.05) is 0 Å². The SMILES string of the molecule is O=C([O-])CO.[Co+3].[NH2-].[NH2-].[NH2-].[NH2-].[NH2-].[O-][Cl+3]([O-])([O-])[O-].[O-][Cl+3]([O-])([O-])[O-]. The fourth-order valence-corrected chi connectivity index (χ4v) is 0. The van der Waals surface area contributed by atoms with E-state index in [2.05, 4.69) is 0 Å². The van der Waals surface area contributed by atoms with E-state index >= 15 is 0 Å². The summed E-state index contributed by atoms with van der Waals surface area (Å²) in [4.78, 5) is 9.01. The Kier molecular flexibility index (Phi) is 78.3. The van der Waals surface area contributed by atoms with Gasteiger partial charge in [0.15, 0.2) is 0 Å². The molecule has 21 heavy (non-hydrogen) atoms. The van der Waals surface area contributed by atoms with Gasteiger partial charge in [-0.2, -0.15) is 0 Å². The number of carbonyl (C=O) groups excluding carboxylic acids is 1. The second-order valence-corrected chi connectivity index (χ2v) is 2.80. The minimum atomic E-state index is -4.94. The summed E-state index contributed by atoms with van der Waals surface area (Å²) in [7, 11) is -9.89. The first-order valence-corrected chi connectivity index (χ1v) is 4.78. The molecular weight excluding hydrogens is 400 g/mol. The molecule has 0 fully saturated rings. The summed E-state index contributed by atoms with van der Waals surface area (Å²) in [6.45, 7) is -0.889. The summed E-state index contributed by atoms with van der Waals surface area (Å²) in [5, 5.41) is 16.5. The fraction of sp³-hybridized carbons (Fsp3) is 0.500. The number of rotatable bonds is 1. The van der Waals surface area contributed by atoms with Gasteiger partial charge in [0.2, 0.25) is 0 Å². The zero-order valence-electron chi connectivity index (χ0n) is 9.71. The molecule has 0 radical (unpaired) electrons. The molecular formula is C2H13Cl2CoN5O11-5. The van der Waals surface area contributed by atoms with Crippen LogP contribution in [0.2, 0.25) is 0 Å². The maximum atomic E-state index is 9.01. The number of carboxylic acids is 1. The zero-order chi connectivity index (χ0) is 13.3. The first kappa shape index (κ1) is 58.3. The Balaban J connectivity index is -0.0000000129. The van der Waals surface area contributed by atoms with E-state index in [1.54, 1.807) is 0 Å². The smallest absolute Gasteiger partial charge is 0.693 e. The van der Waals surface area contributed by atoms with Crippen LogP contribution in [0.25, 0.3) is 30.8 Å². The predicted octanol–water partition coefficient (Wildman–Crippen LogP) is -8.20. The topological polar surface area (TPSA) is 412 Å². The third-order valence-electron chi connectivity index (χ3n) is 0.129. The fourth-order valence-electron chi connectivity index (χ4n) is 0. The molecule has 0 rings (SSSR count). The Morgan fingerprint density at radius 3 is 0.762 bits per heavy atom. The number of aliphatic hydroxyl groups is 1. The van der Waals surface area contributed by atoms with Crippen molar-refractivity contribution in [2.75, 3.05) is 6.61 Å². The summed E-state index contributed by atoms with van der Waals surface area (Å²) >= 11 is 0. The van der Waals surface area contributed by atoms with Crippen molar-refractivity contribution in [2.45, 2.75) is 0 Å². The number of nitrogens with two attached hydrogens (primary N) is 5. The van der Waals surface area contributed by atoms with Gasteiger partial charge in [-0.15, -0.1) is 20.5 Å². The minimum absolute atomic E-state index is 0. The van der Waals surface area contributed by atoms with Crippen LogP contribution in [0.3, 0.4) is 0 Å². The molecule has 0 aliphatic heterocycles. The molecule has 0 spiro atoms. The molecule has 0 aromatic rings. The number of carboxylic acid groups (broad SMARTS) is 1. The van der Waals surface area contributed by atoms with Crippen molar-refractivity contribution in [3.63, 3.8) is 0 Å². The molecule has 0 aliphatic carbocycles. The molecule has 0 amide bonds. The van der Waals surface area contributed by atoms with Gasteiger partial charge in [-0.3, -0.25) is 0 Å². The van der Waals surface area contributed by atoms with E-state index in [-0.39, 0.29) is 47.5 Å². The van der Waals surface area contributed by atoms with Gasteiger partial charge in [0, 0.05) is 0 Å². The Hall–Kier alpha value is -0.00351. The standard InChI is InChI=1S/C2H4O3.2ClHO4.Co.5H2N/c3-1-2(4)5;2*2-1(3,4)5;;;;;;/h3H,1H2,(H,4,5);2*(H,2,3,4,5);;5*1H2/q;;;+3;5*-1/p-3. The van der Waals surface area contributed by atoms with Crippen LogP contribution in [0, 0.1) is 20.5 Å². The van der Waals surface area contributed by atoms with E-state index < -0.39 is 33.1 Å². The van der Waals surface area contributed by atoms with Gasteiger partial charge in [-0.05, 0) is 0 Å². The predicted molar refractivity (Wildman–Crippen MR) is 38.5 cm³/mol. The van der Waals surface area contributed by atoms with Crippen molar-refractivity contribution in [3.05, 3.63) is 30.8 Å². The van der Waals surface area contributed by atoms with Crippen molar-refractivity contribution in [2.24, 2.45) is 0 Å². The molecule has 140 valence electrons. The van der Waals surface area contributed by atoms with Gasteiger partial charge in [-0.25, -0.2) is 37.3 Å². The second-order valence-electron chi connectivity index (χ2n) is 1.29. The summed E-state index contributed by atoms with van der Waals surface area (Å²) in [6, 6.07) is 0. The summed E-state index contributed by atoms with van der Waals surface area (Å²) in [5.41, 5.74) is 0. The van der Waals surface area contributed by atoms with Gasteiger partial charge < -0.3 is 45.8 Å². The third-order valence-corrected chi connectivity index (χ3v) is 0.129. The number of aliphatic hydroxyl groups excluding tert-OH is 1. The van der Waals surface area contributed by atoms with Gasteiger partial charge in [0.25, 0.3) is 0 Å². The normalized spacial score (nSPS) is 7.48. The Morgan fingerprint density at radius 2 is 0.762 bits per heavy atom. The van der Waals surface area contributed by atoms with Gasteiger partial charge in [0.1, 0.15) is 0 Å². The van der Waals surface area contributed by atoms with Gasteiger partial charge in [0.05, 0.1) is 12.6 Å². The molecule has 0 aliphatic rings. The minimum Gasteiger partial charge on any atom is -0.693 e. The molecule has 0 aromatic heterocycles. The Labute approximate surface area is 133 Å². The molecule has 0 saturated heterocycles. The summed E-state index contributed by atoms with van der Waals surface area (Å²) in [6.07, 6.45) is 0. The van der Waals surface area contributed by atoms with Crippen molar-refractivity contribution >= 4 is 5.97 Å². The van der Waals surface area contributed by atoms with E-state index in [1.165, 1.54) is 0 Å². The molecule has 11 N–H and O–H groups in total. The van der Waals surface area contributed by atoms with Gasteiger partial charge >= 0.3 is 16.8 Å². The maximum absolute atomic E-state index is 9.01. The van der Waals surface area contributed by atoms with Crippen LogP contribution < -0.4 is 42.4 Å². The van der Waals surface area contributed by atoms with E-state index in [0.717, 1.165) is 0 Å². The van der Waals surface area contributed by atoms with E-state index in [4.69, 9.17) is 52.3 Å². The number of carbonyl (C=O) groups is 1.